The Hall–Kier alpha value is -2.80. The van der Waals surface area contributed by atoms with E-state index in [1.54, 1.807) is 73.7 Å². The third-order valence-corrected chi connectivity index (χ3v) is 4.81. The quantitative estimate of drug-likeness (QED) is 0.527. The van der Waals surface area contributed by atoms with Gasteiger partial charge >= 0.3 is 0 Å². The minimum absolute atomic E-state index is 0.0278. The van der Waals surface area contributed by atoms with Crippen LogP contribution in [0.15, 0.2) is 89.8 Å². The molecule has 5 nitrogen and oxygen atoms in total. The molecule has 3 aromatic carbocycles. The number of aliphatic hydroxyl groups is 1. The molecule has 1 unspecified atom stereocenters. The van der Waals surface area contributed by atoms with Crippen LogP contribution >= 0.6 is 0 Å². The monoisotopic (exact) mass is 384 g/mol. The van der Waals surface area contributed by atoms with Crippen molar-refractivity contribution in [3.8, 4) is 0 Å². The number of Topliss-reactive ketones (excluding diaryl/α,β-unsaturated/α-hetero) is 1. The van der Waals surface area contributed by atoms with Gasteiger partial charge in [-0.15, -0.1) is 0 Å². The van der Waals surface area contributed by atoms with Gasteiger partial charge in [-0.25, -0.2) is 0 Å². The van der Waals surface area contributed by atoms with E-state index >= 15 is 0 Å². The fourth-order valence-corrected chi connectivity index (χ4v) is 3.12. The molecule has 1 atom stereocenters. The van der Waals surface area contributed by atoms with Gasteiger partial charge < -0.3 is 5.11 Å². The van der Waals surface area contributed by atoms with Crippen LogP contribution in [-0.2, 0) is 10.1 Å². The summed E-state index contributed by atoms with van der Waals surface area (Å²) in [5.74, 6) is -0.271. The number of hydrogen-bond donors (Lipinski definition) is 2. The average molecular weight is 384 g/mol. The minimum atomic E-state index is -4.03. The molecular weight excluding hydrogens is 364 g/mol. The maximum absolute atomic E-state index is 11.9. The smallest absolute Gasteiger partial charge is 0.294 e. The largest absolute Gasteiger partial charge is 0.380 e. The van der Waals surface area contributed by atoms with Gasteiger partial charge in [0.05, 0.1) is 4.90 Å². The number of rotatable bonds is 4. The summed E-state index contributed by atoms with van der Waals surface area (Å²) in [6.07, 6.45) is -1.08. The van der Waals surface area contributed by atoms with Crippen molar-refractivity contribution in [1.29, 1.82) is 0 Å². The lowest BCUT2D eigenvalue weighted by Crippen LogP contribution is -2.11. The van der Waals surface area contributed by atoms with Crippen LogP contribution in [0.4, 0.5) is 0 Å². The second-order valence-corrected chi connectivity index (χ2v) is 7.17. The number of carbonyl (C=O) groups excluding carboxylic acids is 1. The van der Waals surface area contributed by atoms with Crippen LogP contribution in [0.25, 0.3) is 0 Å². The lowest BCUT2D eigenvalue weighted by atomic mass is 10.0. The number of carbonyl (C=O) groups is 1. The number of ketones is 1. The molecule has 0 heterocycles. The van der Waals surface area contributed by atoms with Crippen molar-refractivity contribution >= 4 is 15.9 Å². The van der Waals surface area contributed by atoms with Gasteiger partial charge in [0.15, 0.2) is 5.78 Å². The van der Waals surface area contributed by atoms with E-state index in [4.69, 9.17) is 4.55 Å². The van der Waals surface area contributed by atoms with Crippen molar-refractivity contribution in [2.45, 2.75) is 17.9 Å². The first-order chi connectivity index (χ1) is 12.8. The first-order valence-corrected chi connectivity index (χ1v) is 9.60. The Labute approximate surface area is 158 Å². The van der Waals surface area contributed by atoms with Crippen LogP contribution < -0.4 is 0 Å². The molecule has 0 aliphatic rings. The summed E-state index contributed by atoms with van der Waals surface area (Å²) in [5.41, 5.74) is 1.70. The molecule has 3 aromatic rings. The molecule has 0 aliphatic carbocycles. The fourth-order valence-electron chi connectivity index (χ4n) is 2.39. The number of aliphatic hydroxyl groups excluding tert-OH is 1. The Morgan fingerprint density at radius 3 is 1.78 bits per heavy atom. The molecule has 0 saturated heterocycles. The molecule has 0 aliphatic heterocycles. The normalized spacial score (nSPS) is 11.8. The molecule has 0 saturated carbocycles. The third-order valence-electron chi connectivity index (χ3n) is 3.79. The molecule has 0 aromatic heterocycles. The van der Waals surface area contributed by atoms with E-state index in [0.717, 1.165) is 0 Å². The van der Waals surface area contributed by atoms with Crippen molar-refractivity contribution in [3.63, 3.8) is 0 Å². The van der Waals surface area contributed by atoms with Gasteiger partial charge in [0.1, 0.15) is 6.10 Å². The Morgan fingerprint density at radius 1 is 0.815 bits per heavy atom. The highest BCUT2D eigenvalue weighted by Gasteiger charge is 2.18. The Kier molecular flexibility index (Phi) is 7.01. The van der Waals surface area contributed by atoms with Crippen LogP contribution in [0, 0.1) is 6.92 Å². The average Bonchev–Trinajstić information content (AvgIpc) is 2.68. The predicted molar refractivity (Wildman–Crippen MR) is 103 cm³/mol. The highest BCUT2D eigenvalue weighted by Crippen LogP contribution is 2.17. The summed E-state index contributed by atoms with van der Waals surface area (Å²) < 4.78 is 29.9. The van der Waals surface area contributed by atoms with Gasteiger partial charge in [0.25, 0.3) is 10.1 Å². The van der Waals surface area contributed by atoms with Gasteiger partial charge in [-0.05, 0) is 24.1 Å². The molecule has 0 radical (unpaired) electrons. The standard InChI is InChI=1S/C14H12O2.C7H8O3S/c15-13(11-7-3-1-4-8-11)14(16)12-9-5-2-6-10-12;1-6-4-2-3-5-7(6)11(8,9)10/h1-10,13,15H;2-5H,1H3,(H,8,9,10). The van der Waals surface area contributed by atoms with Gasteiger partial charge in [-0.1, -0.05) is 78.9 Å². The molecule has 0 bridgehead atoms. The summed E-state index contributed by atoms with van der Waals surface area (Å²) in [7, 11) is -4.03. The molecule has 6 heteroatoms. The topological polar surface area (TPSA) is 91.7 Å². The van der Waals surface area contributed by atoms with Gasteiger partial charge in [0, 0.05) is 5.56 Å². The minimum Gasteiger partial charge on any atom is -0.380 e. The first-order valence-electron chi connectivity index (χ1n) is 8.16. The summed E-state index contributed by atoms with van der Waals surface area (Å²) in [4.78, 5) is 11.9. The SMILES string of the molecule is Cc1ccccc1S(=O)(=O)O.O=C(c1ccccc1)C(O)c1ccccc1. The summed E-state index contributed by atoms with van der Waals surface area (Å²) in [6, 6.07) is 24.0. The number of benzene rings is 3. The molecular formula is C21H20O5S. The van der Waals surface area contributed by atoms with E-state index in [1.165, 1.54) is 6.07 Å². The molecule has 140 valence electrons. The van der Waals surface area contributed by atoms with Crippen LogP contribution in [-0.4, -0.2) is 23.9 Å². The van der Waals surface area contributed by atoms with Crippen molar-refractivity contribution in [2.24, 2.45) is 0 Å². The summed E-state index contributed by atoms with van der Waals surface area (Å²) in [6.45, 7) is 1.63. The first kappa shape index (κ1) is 20.5. The van der Waals surface area contributed by atoms with E-state index in [-0.39, 0.29) is 10.7 Å². The maximum atomic E-state index is 11.9. The van der Waals surface area contributed by atoms with Gasteiger partial charge in [-0.3, -0.25) is 9.35 Å². The maximum Gasteiger partial charge on any atom is 0.294 e. The summed E-state index contributed by atoms with van der Waals surface area (Å²) in [5, 5.41) is 9.89. The zero-order valence-electron chi connectivity index (χ0n) is 14.7. The van der Waals surface area contributed by atoms with E-state index in [2.05, 4.69) is 0 Å². The lowest BCUT2D eigenvalue weighted by Gasteiger charge is -2.09. The third kappa shape index (κ3) is 5.86. The fraction of sp³-hybridized carbons (Fsp3) is 0.0952. The lowest BCUT2D eigenvalue weighted by molar-refractivity contribution is 0.0747. The van der Waals surface area contributed by atoms with Crippen molar-refractivity contribution in [1.82, 2.24) is 0 Å². The van der Waals surface area contributed by atoms with Crippen molar-refractivity contribution in [2.75, 3.05) is 0 Å². The Morgan fingerprint density at radius 2 is 1.30 bits per heavy atom. The van der Waals surface area contributed by atoms with E-state index < -0.39 is 16.2 Å². The van der Waals surface area contributed by atoms with Gasteiger partial charge in [0.2, 0.25) is 0 Å². The second-order valence-electron chi connectivity index (χ2n) is 5.78. The molecule has 0 fully saturated rings. The predicted octanol–water partition coefficient (Wildman–Crippen LogP) is 3.84. The number of aryl methyl sites for hydroxylation is 1. The summed E-state index contributed by atoms with van der Waals surface area (Å²) >= 11 is 0. The van der Waals surface area contributed by atoms with Crippen LogP contribution in [0.2, 0.25) is 0 Å². The molecule has 0 amide bonds. The van der Waals surface area contributed by atoms with Crippen LogP contribution in [0.5, 0.6) is 0 Å². The van der Waals surface area contributed by atoms with Crippen molar-refractivity contribution < 1.29 is 22.9 Å². The van der Waals surface area contributed by atoms with E-state index in [1.807, 2.05) is 12.1 Å². The molecule has 0 spiro atoms. The zero-order chi connectivity index (χ0) is 19.9. The second kappa shape index (κ2) is 9.23. The van der Waals surface area contributed by atoms with E-state index in [9.17, 15) is 18.3 Å². The molecule has 2 N–H and O–H groups in total. The van der Waals surface area contributed by atoms with Crippen molar-refractivity contribution in [3.05, 3.63) is 102 Å². The zero-order valence-corrected chi connectivity index (χ0v) is 15.5. The number of hydrogen-bond acceptors (Lipinski definition) is 4. The molecule has 27 heavy (non-hydrogen) atoms. The highest BCUT2D eigenvalue weighted by atomic mass is 32.2. The molecule has 3 rings (SSSR count). The van der Waals surface area contributed by atoms with E-state index in [0.29, 0.717) is 16.7 Å². The Balaban J connectivity index is 0.000000208. The highest BCUT2D eigenvalue weighted by molar-refractivity contribution is 7.85. The van der Waals surface area contributed by atoms with Crippen LogP contribution in [0.3, 0.4) is 0 Å². The Bertz CT molecular complexity index is 983. The van der Waals surface area contributed by atoms with Gasteiger partial charge in [-0.2, -0.15) is 8.42 Å². The van der Waals surface area contributed by atoms with Crippen LogP contribution in [0.1, 0.15) is 27.6 Å².